The molecule has 0 aliphatic rings. The van der Waals surface area contributed by atoms with Crippen molar-refractivity contribution >= 4 is 38.7 Å². The first-order valence-corrected chi connectivity index (χ1v) is 14.1. The van der Waals surface area contributed by atoms with E-state index < -0.39 is 16.1 Å². The summed E-state index contributed by atoms with van der Waals surface area (Å²) in [5, 5.41) is 0. The van der Waals surface area contributed by atoms with E-state index in [9.17, 15) is 0 Å². The molecule has 0 N–H and O–H groups in total. The highest BCUT2D eigenvalue weighted by Crippen LogP contribution is 2.27. The third-order valence-corrected chi connectivity index (χ3v) is 10.0. The van der Waals surface area contributed by atoms with Gasteiger partial charge in [0.25, 0.3) is 0 Å². The van der Waals surface area contributed by atoms with Crippen molar-refractivity contribution in [3.05, 3.63) is 8.78 Å². The maximum atomic E-state index is 3.51. The van der Waals surface area contributed by atoms with E-state index in [1.165, 1.54) is 12.0 Å². The van der Waals surface area contributed by atoms with Crippen molar-refractivity contribution in [1.29, 1.82) is 0 Å². The van der Waals surface area contributed by atoms with E-state index in [1.54, 1.807) is 3.20 Å². The maximum absolute atomic E-state index is 3.51. The Hall–Kier alpha value is 0.464. The minimum Gasteiger partial charge on any atom is -0.127 e. The van der Waals surface area contributed by atoms with Gasteiger partial charge in [-0.2, -0.15) is 0 Å². The Morgan fingerprint density at radius 1 is 1.06 bits per heavy atom. The zero-order valence-corrected chi connectivity index (χ0v) is 15.9. The molecule has 0 atom stereocenters. The SMILES string of the molecule is CCC/C(C#C[Si](C)(C)C)=C(/I)[Si](C)(C)C. The molecule has 0 nitrogen and oxygen atoms in total. The number of hydrogen-bond acceptors (Lipinski definition) is 0. The van der Waals surface area contributed by atoms with E-state index in [2.05, 4.69) is 80.3 Å². The molecule has 0 aliphatic heterocycles. The summed E-state index contributed by atoms with van der Waals surface area (Å²) in [4.78, 5) is 0. The van der Waals surface area contributed by atoms with Crippen molar-refractivity contribution < 1.29 is 0 Å². The summed E-state index contributed by atoms with van der Waals surface area (Å²) in [6.45, 7) is 16.4. The second-order valence-corrected chi connectivity index (χ2v) is 18.1. The maximum Gasteiger partial charge on any atom is 0.129 e. The van der Waals surface area contributed by atoms with Crippen molar-refractivity contribution in [3.63, 3.8) is 0 Å². The lowest BCUT2D eigenvalue weighted by Crippen LogP contribution is -2.22. The van der Waals surface area contributed by atoms with E-state index in [4.69, 9.17) is 0 Å². The van der Waals surface area contributed by atoms with E-state index in [0.717, 1.165) is 6.42 Å². The molecule has 3 heteroatoms. The molecule has 0 rings (SSSR count). The molecular weight excluding hydrogens is 339 g/mol. The van der Waals surface area contributed by atoms with Gasteiger partial charge in [0, 0.05) is 5.57 Å². The van der Waals surface area contributed by atoms with Gasteiger partial charge in [0.05, 0.1) is 8.07 Å². The van der Waals surface area contributed by atoms with Crippen LogP contribution < -0.4 is 0 Å². The van der Waals surface area contributed by atoms with E-state index in [0.29, 0.717) is 0 Å². The third kappa shape index (κ3) is 6.92. The Labute approximate surface area is 117 Å². The monoisotopic (exact) mass is 364 g/mol. The lowest BCUT2D eigenvalue weighted by atomic mass is 10.2. The highest BCUT2D eigenvalue weighted by atomic mass is 127. The first-order valence-electron chi connectivity index (χ1n) is 6.00. The molecule has 0 saturated heterocycles. The Kier molecular flexibility index (Phi) is 6.60. The summed E-state index contributed by atoms with van der Waals surface area (Å²) in [5.74, 6) is 3.49. The summed E-state index contributed by atoms with van der Waals surface area (Å²) in [5.41, 5.74) is 4.93. The number of rotatable bonds is 3. The van der Waals surface area contributed by atoms with E-state index >= 15 is 0 Å². The van der Waals surface area contributed by atoms with Crippen molar-refractivity contribution in [1.82, 2.24) is 0 Å². The zero-order valence-electron chi connectivity index (χ0n) is 11.8. The van der Waals surface area contributed by atoms with Crippen LogP contribution in [-0.4, -0.2) is 16.1 Å². The Morgan fingerprint density at radius 3 is 1.88 bits per heavy atom. The van der Waals surface area contributed by atoms with Crippen molar-refractivity contribution in [3.8, 4) is 11.5 Å². The first-order chi connectivity index (χ1) is 7.08. The molecule has 0 bridgehead atoms. The Bertz CT molecular complexity index is 319. The number of halogens is 1. The molecule has 0 saturated carbocycles. The molecule has 16 heavy (non-hydrogen) atoms. The number of hydrogen-bond donors (Lipinski definition) is 0. The van der Waals surface area contributed by atoms with E-state index in [-0.39, 0.29) is 0 Å². The summed E-state index contributed by atoms with van der Waals surface area (Å²) in [7, 11) is -2.42. The van der Waals surface area contributed by atoms with Gasteiger partial charge in [-0.3, -0.25) is 0 Å². The summed E-state index contributed by atoms with van der Waals surface area (Å²) >= 11 is 2.54. The summed E-state index contributed by atoms with van der Waals surface area (Å²) in [6.07, 6.45) is 2.35. The second kappa shape index (κ2) is 6.41. The van der Waals surface area contributed by atoms with Crippen molar-refractivity contribution in [2.75, 3.05) is 0 Å². The van der Waals surface area contributed by atoms with Crippen LogP contribution in [0.15, 0.2) is 8.78 Å². The normalized spacial score (nSPS) is 14.0. The van der Waals surface area contributed by atoms with E-state index in [1.807, 2.05) is 0 Å². The van der Waals surface area contributed by atoms with Crippen LogP contribution >= 0.6 is 22.6 Å². The topological polar surface area (TPSA) is 0 Å². The first kappa shape index (κ1) is 16.5. The minimum atomic E-state index is -1.24. The van der Waals surface area contributed by atoms with Crippen molar-refractivity contribution in [2.24, 2.45) is 0 Å². The molecule has 0 aliphatic carbocycles. The van der Waals surface area contributed by atoms with Crippen LogP contribution in [0.4, 0.5) is 0 Å². The van der Waals surface area contributed by atoms with Gasteiger partial charge in [-0.15, -0.1) is 5.54 Å². The lowest BCUT2D eigenvalue weighted by molar-refractivity contribution is 0.933. The van der Waals surface area contributed by atoms with Crippen LogP contribution in [0.5, 0.6) is 0 Å². The van der Waals surface area contributed by atoms with Gasteiger partial charge in [-0.1, -0.05) is 81.1 Å². The summed E-state index contributed by atoms with van der Waals surface area (Å²) < 4.78 is 1.57. The fourth-order valence-electron chi connectivity index (χ4n) is 1.19. The Balaban J connectivity index is 5.23. The zero-order chi connectivity index (χ0) is 13.0. The smallest absolute Gasteiger partial charge is 0.127 e. The molecule has 0 aromatic carbocycles. The van der Waals surface area contributed by atoms with Crippen molar-refractivity contribution in [2.45, 2.75) is 59.0 Å². The van der Waals surface area contributed by atoms with Crippen LogP contribution in [0, 0.1) is 11.5 Å². The molecule has 92 valence electrons. The highest BCUT2D eigenvalue weighted by Gasteiger charge is 2.20. The van der Waals surface area contributed by atoms with Gasteiger partial charge < -0.3 is 0 Å². The largest absolute Gasteiger partial charge is 0.129 e. The standard InChI is InChI=1S/C13H25ISi2/c1-8-9-12(10-11-15(2,3)4)13(14)16(5,6)7/h8-9H2,1-7H3/b13-12+. The molecule has 0 amide bonds. The molecular formula is C13H25ISi2. The fraction of sp³-hybridized carbons (Fsp3) is 0.692. The average molecular weight is 364 g/mol. The van der Waals surface area contributed by atoms with Gasteiger partial charge in [-0.25, -0.2) is 0 Å². The lowest BCUT2D eigenvalue weighted by Gasteiger charge is -2.18. The van der Waals surface area contributed by atoms with Crippen LogP contribution in [0.1, 0.15) is 19.8 Å². The van der Waals surface area contributed by atoms with Crippen LogP contribution in [0.25, 0.3) is 0 Å². The van der Waals surface area contributed by atoms with Crippen LogP contribution in [0.3, 0.4) is 0 Å². The molecule has 0 unspecified atom stereocenters. The van der Waals surface area contributed by atoms with Gasteiger partial charge in [0.1, 0.15) is 8.07 Å². The molecule has 0 spiro atoms. The minimum absolute atomic E-state index is 1.15. The fourth-order valence-corrected chi connectivity index (χ4v) is 3.22. The Morgan fingerprint density at radius 2 is 1.56 bits per heavy atom. The molecule has 0 heterocycles. The van der Waals surface area contributed by atoms with Gasteiger partial charge in [0.2, 0.25) is 0 Å². The van der Waals surface area contributed by atoms with Crippen LogP contribution in [0.2, 0.25) is 39.3 Å². The molecule has 0 aromatic rings. The van der Waals surface area contributed by atoms with Crippen LogP contribution in [-0.2, 0) is 0 Å². The van der Waals surface area contributed by atoms with Gasteiger partial charge in [-0.05, 0) is 9.62 Å². The average Bonchev–Trinajstić information content (AvgIpc) is 2.08. The molecule has 0 aromatic heterocycles. The number of allylic oxidation sites excluding steroid dienone is 1. The molecule has 0 fully saturated rings. The quantitative estimate of drug-likeness (QED) is 0.365. The van der Waals surface area contributed by atoms with Gasteiger partial charge >= 0.3 is 0 Å². The second-order valence-electron chi connectivity index (χ2n) is 6.29. The molecule has 0 radical (unpaired) electrons. The third-order valence-electron chi connectivity index (χ3n) is 2.01. The summed E-state index contributed by atoms with van der Waals surface area (Å²) in [6, 6.07) is 0. The van der Waals surface area contributed by atoms with Gasteiger partial charge in [0.15, 0.2) is 0 Å². The predicted molar refractivity (Wildman–Crippen MR) is 90.4 cm³/mol. The predicted octanol–water partition coefficient (Wildman–Crippen LogP) is 5.23. The highest BCUT2D eigenvalue weighted by molar-refractivity contribution is 14.1.